The Morgan fingerprint density at radius 1 is 0.423 bits per heavy atom. The molecular formula is C46H89N3O3. The first-order chi connectivity index (χ1) is 25.6. The van der Waals surface area contributed by atoms with E-state index < -0.39 is 0 Å². The normalized spacial score (nSPS) is 11.8. The maximum Gasteiger partial charge on any atom is 0.219 e. The van der Waals surface area contributed by atoms with Crippen molar-refractivity contribution in [3.8, 4) is 0 Å². The zero-order valence-corrected chi connectivity index (χ0v) is 34.9. The molecular weight excluding hydrogens is 643 g/mol. The Morgan fingerprint density at radius 2 is 0.731 bits per heavy atom. The van der Waals surface area contributed by atoms with Crippen LogP contribution in [0.15, 0.2) is 24.3 Å². The second-order valence-electron chi connectivity index (χ2n) is 15.3. The van der Waals surface area contributed by atoms with Crippen LogP contribution >= 0.6 is 0 Å². The summed E-state index contributed by atoms with van der Waals surface area (Å²) in [6, 6.07) is 0. The lowest BCUT2D eigenvalue weighted by Gasteiger charge is -2.21. The van der Waals surface area contributed by atoms with Crippen molar-refractivity contribution in [3.05, 3.63) is 24.3 Å². The molecule has 52 heavy (non-hydrogen) atoms. The Morgan fingerprint density at radius 3 is 1.06 bits per heavy atom. The van der Waals surface area contributed by atoms with Gasteiger partial charge in [0, 0.05) is 32.5 Å². The number of nitrogens with zero attached hydrogens (tertiary/aromatic N) is 1. The number of unbranched alkanes of at least 4 members (excludes halogenated alkanes) is 24. The lowest BCUT2D eigenvalue weighted by molar-refractivity contribution is -0.122. The van der Waals surface area contributed by atoms with Gasteiger partial charge in [-0.15, -0.1) is 0 Å². The van der Waals surface area contributed by atoms with Crippen LogP contribution in [0.5, 0.6) is 0 Å². The first-order valence-corrected chi connectivity index (χ1v) is 22.8. The number of aliphatic hydroxyl groups is 1. The number of aliphatic hydroxyl groups excluding tert-OH is 1. The van der Waals surface area contributed by atoms with Gasteiger partial charge in [0.2, 0.25) is 11.8 Å². The Hall–Kier alpha value is -1.66. The molecule has 0 aromatic carbocycles. The van der Waals surface area contributed by atoms with Crippen molar-refractivity contribution in [2.75, 3.05) is 39.3 Å². The zero-order chi connectivity index (χ0) is 37.8. The molecule has 0 bridgehead atoms. The average molecular weight is 732 g/mol. The summed E-state index contributed by atoms with van der Waals surface area (Å²) in [5.41, 5.74) is 0. The highest BCUT2D eigenvalue weighted by Crippen LogP contribution is 2.12. The number of carbonyl (C=O) groups is 2. The van der Waals surface area contributed by atoms with Crippen molar-refractivity contribution in [2.45, 2.75) is 219 Å². The molecule has 0 fully saturated rings. The van der Waals surface area contributed by atoms with Gasteiger partial charge in [0.05, 0.1) is 6.61 Å². The van der Waals surface area contributed by atoms with Crippen molar-refractivity contribution in [3.63, 3.8) is 0 Å². The van der Waals surface area contributed by atoms with E-state index in [-0.39, 0.29) is 18.4 Å². The summed E-state index contributed by atoms with van der Waals surface area (Å²) in [5.74, 6) is 0.322. The third-order valence-corrected chi connectivity index (χ3v) is 10.2. The van der Waals surface area contributed by atoms with Crippen molar-refractivity contribution in [2.24, 2.45) is 0 Å². The molecule has 6 heteroatoms. The first-order valence-electron chi connectivity index (χ1n) is 22.8. The summed E-state index contributed by atoms with van der Waals surface area (Å²) in [7, 11) is 0. The molecule has 2 amide bonds. The summed E-state index contributed by atoms with van der Waals surface area (Å²) in [5, 5.41) is 15.6. The first kappa shape index (κ1) is 50.3. The predicted octanol–water partition coefficient (Wildman–Crippen LogP) is 12.1. The molecule has 0 atom stereocenters. The molecule has 0 rings (SSSR count). The second kappa shape index (κ2) is 43.7. The summed E-state index contributed by atoms with van der Waals surface area (Å²) >= 11 is 0. The van der Waals surface area contributed by atoms with E-state index in [9.17, 15) is 14.7 Å². The van der Waals surface area contributed by atoms with Gasteiger partial charge in [-0.3, -0.25) is 9.59 Å². The van der Waals surface area contributed by atoms with Crippen LogP contribution in [0.4, 0.5) is 0 Å². The van der Waals surface area contributed by atoms with Crippen LogP contribution in [-0.4, -0.2) is 61.2 Å². The topological polar surface area (TPSA) is 81.7 Å². The van der Waals surface area contributed by atoms with Gasteiger partial charge >= 0.3 is 0 Å². The van der Waals surface area contributed by atoms with Crippen molar-refractivity contribution < 1.29 is 14.7 Å². The van der Waals surface area contributed by atoms with Crippen LogP contribution in [0, 0.1) is 0 Å². The second-order valence-corrected chi connectivity index (χ2v) is 15.3. The molecule has 0 aliphatic carbocycles. The molecule has 0 aliphatic rings. The SMILES string of the molecule is CCCCCCCC/C=C\CCCCCCCCC(=O)NCCCN(CCO)CCCNC(=O)CCCCCCCC/C=C\CCCCCCCC. The largest absolute Gasteiger partial charge is 0.395 e. The van der Waals surface area contributed by atoms with Gasteiger partial charge in [-0.25, -0.2) is 0 Å². The van der Waals surface area contributed by atoms with Gasteiger partial charge in [-0.1, -0.05) is 154 Å². The van der Waals surface area contributed by atoms with E-state index >= 15 is 0 Å². The third kappa shape index (κ3) is 41.1. The molecule has 0 heterocycles. The van der Waals surface area contributed by atoms with Crippen LogP contribution < -0.4 is 10.6 Å². The van der Waals surface area contributed by atoms with Crippen molar-refractivity contribution >= 4 is 11.8 Å². The van der Waals surface area contributed by atoms with E-state index in [1.165, 1.54) is 154 Å². The number of nitrogens with one attached hydrogen (secondary N) is 2. The molecule has 0 aromatic heterocycles. The van der Waals surface area contributed by atoms with Gasteiger partial charge < -0.3 is 20.6 Å². The molecule has 3 N–H and O–H groups in total. The maximum atomic E-state index is 12.3. The summed E-state index contributed by atoms with van der Waals surface area (Å²) < 4.78 is 0. The van der Waals surface area contributed by atoms with Crippen molar-refractivity contribution in [1.29, 1.82) is 0 Å². The Bertz CT molecular complexity index is 738. The molecule has 0 aliphatic heterocycles. The van der Waals surface area contributed by atoms with Gasteiger partial charge in [0.25, 0.3) is 0 Å². The van der Waals surface area contributed by atoms with Crippen molar-refractivity contribution in [1.82, 2.24) is 15.5 Å². The lowest BCUT2D eigenvalue weighted by Crippen LogP contribution is -2.34. The van der Waals surface area contributed by atoms with E-state index in [1.54, 1.807) is 0 Å². The summed E-state index contributed by atoms with van der Waals surface area (Å²) in [6.07, 6.45) is 48.3. The van der Waals surface area contributed by atoms with Crippen LogP contribution in [0.1, 0.15) is 219 Å². The Balaban J connectivity index is 3.58. The van der Waals surface area contributed by atoms with E-state index in [0.717, 1.165) is 51.6 Å². The Kier molecular flexibility index (Phi) is 42.3. The summed E-state index contributed by atoms with van der Waals surface area (Å²) in [4.78, 5) is 26.7. The fraction of sp³-hybridized carbons (Fsp3) is 0.870. The average Bonchev–Trinajstić information content (AvgIpc) is 3.14. The highest BCUT2D eigenvalue weighted by atomic mass is 16.3. The fourth-order valence-electron chi connectivity index (χ4n) is 6.78. The number of rotatable bonds is 42. The number of carbonyl (C=O) groups excluding carboxylic acids is 2. The van der Waals surface area contributed by atoms with Gasteiger partial charge in [-0.05, 0) is 90.1 Å². The molecule has 6 nitrogen and oxygen atoms in total. The fourth-order valence-corrected chi connectivity index (χ4v) is 6.78. The molecule has 0 unspecified atom stereocenters. The Labute approximate surface area is 324 Å². The van der Waals surface area contributed by atoms with E-state index in [4.69, 9.17) is 0 Å². The zero-order valence-electron chi connectivity index (χ0n) is 34.9. The predicted molar refractivity (Wildman–Crippen MR) is 227 cm³/mol. The number of amides is 2. The van der Waals surface area contributed by atoms with E-state index in [0.29, 0.717) is 32.5 Å². The van der Waals surface area contributed by atoms with Gasteiger partial charge in [0.1, 0.15) is 0 Å². The van der Waals surface area contributed by atoms with Crippen LogP contribution in [0.3, 0.4) is 0 Å². The molecule has 0 saturated carbocycles. The third-order valence-electron chi connectivity index (χ3n) is 10.2. The van der Waals surface area contributed by atoms with Crippen LogP contribution in [0.2, 0.25) is 0 Å². The molecule has 0 spiro atoms. The van der Waals surface area contributed by atoms with Crippen LogP contribution in [0.25, 0.3) is 0 Å². The minimum Gasteiger partial charge on any atom is -0.395 e. The smallest absolute Gasteiger partial charge is 0.219 e. The van der Waals surface area contributed by atoms with Gasteiger partial charge in [-0.2, -0.15) is 0 Å². The standard InChI is InChI=1S/C46H89N3O3/c1-3-5-7-9-11-13-15-17-19-21-23-25-27-29-31-33-37-45(51)47-39-35-41-49(43-44-50)42-36-40-48-46(52)38-34-32-30-28-26-24-22-20-18-16-14-12-10-8-6-4-2/h17-20,50H,3-16,21-44H2,1-2H3,(H,47,51)(H,48,52)/b19-17-,20-18-. The molecule has 0 radical (unpaired) electrons. The minimum atomic E-state index is 0.130. The quantitative estimate of drug-likeness (QED) is 0.0431. The highest BCUT2D eigenvalue weighted by molar-refractivity contribution is 5.76. The number of allylic oxidation sites excluding steroid dienone is 4. The highest BCUT2D eigenvalue weighted by Gasteiger charge is 2.07. The molecule has 0 saturated heterocycles. The van der Waals surface area contributed by atoms with E-state index in [1.807, 2.05) is 0 Å². The minimum absolute atomic E-state index is 0.130. The summed E-state index contributed by atoms with van der Waals surface area (Å²) in [6.45, 7) is 8.36. The van der Waals surface area contributed by atoms with E-state index in [2.05, 4.69) is 53.7 Å². The van der Waals surface area contributed by atoms with Gasteiger partial charge in [0.15, 0.2) is 0 Å². The maximum absolute atomic E-state index is 12.3. The molecule has 306 valence electrons. The monoisotopic (exact) mass is 732 g/mol. The number of hydrogen-bond acceptors (Lipinski definition) is 4. The number of hydrogen-bond donors (Lipinski definition) is 3. The molecule has 0 aromatic rings. The van der Waals surface area contributed by atoms with Crippen LogP contribution in [-0.2, 0) is 9.59 Å². The lowest BCUT2D eigenvalue weighted by atomic mass is 10.1.